The average molecular weight is 341 g/mol. The summed E-state index contributed by atoms with van der Waals surface area (Å²) in [7, 11) is 1.73. The molecule has 0 bridgehead atoms. The number of aromatic nitrogens is 4. The Hall–Kier alpha value is -2.67. The molecular formula is C18H23N5O2. The molecule has 3 rings (SSSR count). The van der Waals surface area contributed by atoms with Crippen LogP contribution in [0.1, 0.15) is 25.8 Å². The van der Waals surface area contributed by atoms with Gasteiger partial charge in [-0.15, -0.1) is 0 Å². The molecule has 3 N–H and O–H groups in total. The van der Waals surface area contributed by atoms with Gasteiger partial charge >= 0.3 is 5.69 Å². The number of hydrogen-bond acceptors (Lipinski definition) is 5. The summed E-state index contributed by atoms with van der Waals surface area (Å²) in [6.07, 6.45) is 3.59. The minimum atomic E-state index is -0.865. The van der Waals surface area contributed by atoms with Gasteiger partial charge in [0, 0.05) is 25.4 Å². The van der Waals surface area contributed by atoms with Crippen LogP contribution in [-0.4, -0.2) is 29.8 Å². The standard InChI is InChI=1S/C18H23N5O2/c1-11-9-13-16(15(19)14(11)12-5-7-20-10-21-12)23(17(24)22(13)4)8-6-18(2,3)25/h5,7,9-10,25H,6,8,19H2,1-4H3. The third-order valence-electron chi connectivity index (χ3n) is 4.45. The molecule has 0 aliphatic carbocycles. The van der Waals surface area contributed by atoms with Crippen LogP contribution in [0.25, 0.3) is 22.3 Å². The van der Waals surface area contributed by atoms with E-state index >= 15 is 0 Å². The Morgan fingerprint density at radius 2 is 2.08 bits per heavy atom. The number of nitrogen functional groups attached to an aromatic ring is 1. The van der Waals surface area contributed by atoms with Crippen molar-refractivity contribution in [3.05, 3.63) is 40.7 Å². The zero-order chi connectivity index (χ0) is 18.4. The van der Waals surface area contributed by atoms with Crippen molar-refractivity contribution < 1.29 is 5.11 Å². The van der Waals surface area contributed by atoms with Crippen LogP contribution in [0, 0.1) is 6.92 Å². The van der Waals surface area contributed by atoms with Crippen molar-refractivity contribution in [1.29, 1.82) is 0 Å². The summed E-state index contributed by atoms with van der Waals surface area (Å²) in [5, 5.41) is 10.0. The summed E-state index contributed by atoms with van der Waals surface area (Å²) in [5.41, 5.74) is 9.90. The van der Waals surface area contributed by atoms with Gasteiger partial charge in [0.15, 0.2) is 0 Å². The van der Waals surface area contributed by atoms with Crippen LogP contribution < -0.4 is 11.4 Å². The van der Waals surface area contributed by atoms with Crippen molar-refractivity contribution in [1.82, 2.24) is 19.1 Å². The molecule has 0 saturated heterocycles. The number of fused-ring (bicyclic) bond motifs is 1. The van der Waals surface area contributed by atoms with Gasteiger partial charge in [-0.3, -0.25) is 9.13 Å². The van der Waals surface area contributed by atoms with E-state index in [2.05, 4.69) is 9.97 Å². The lowest BCUT2D eigenvalue weighted by atomic mass is 10.0. The highest BCUT2D eigenvalue weighted by molar-refractivity contribution is 5.98. The molecule has 132 valence electrons. The molecule has 0 aliphatic heterocycles. The van der Waals surface area contributed by atoms with Gasteiger partial charge in [-0.2, -0.15) is 0 Å². The van der Waals surface area contributed by atoms with E-state index in [1.54, 1.807) is 42.3 Å². The van der Waals surface area contributed by atoms with Crippen LogP contribution in [0.4, 0.5) is 5.69 Å². The molecule has 0 saturated carbocycles. The number of benzene rings is 1. The maximum absolute atomic E-state index is 12.7. The largest absolute Gasteiger partial charge is 0.396 e. The van der Waals surface area contributed by atoms with E-state index in [0.717, 1.165) is 22.3 Å². The quantitative estimate of drug-likeness (QED) is 0.706. The predicted molar refractivity (Wildman–Crippen MR) is 98.3 cm³/mol. The first kappa shape index (κ1) is 17.2. The lowest BCUT2D eigenvalue weighted by molar-refractivity contribution is 0.0662. The second-order valence-electron chi connectivity index (χ2n) is 7.00. The summed E-state index contributed by atoms with van der Waals surface area (Å²) >= 11 is 0. The van der Waals surface area contributed by atoms with E-state index in [1.165, 1.54) is 6.33 Å². The molecule has 3 aromatic rings. The van der Waals surface area contributed by atoms with Crippen molar-refractivity contribution >= 4 is 16.7 Å². The Bertz CT molecular complexity index is 981. The molecule has 25 heavy (non-hydrogen) atoms. The highest BCUT2D eigenvalue weighted by Gasteiger charge is 2.21. The molecule has 0 aliphatic rings. The lowest BCUT2D eigenvalue weighted by Gasteiger charge is -2.18. The Balaban J connectivity index is 2.28. The third kappa shape index (κ3) is 3.02. The van der Waals surface area contributed by atoms with Crippen molar-refractivity contribution in [2.75, 3.05) is 5.73 Å². The number of rotatable bonds is 4. The van der Waals surface area contributed by atoms with Gasteiger partial charge in [-0.25, -0.2) is 14.8 Å². The monoisotopic (exact) mass is 341 g/mol. The van der Waals surface area contributed by atoms with Crippen LogP contribution >= 0.6 is 0 Å². The molecule has 7 heteroatoms. The Labute approximate surface area is 145 Å². The van der Waals surface area contributed by atoms with Crippen molar-refractivity contribution in [2.24, 2.45) is 7.05 Å². The summed E-state index contributed by atoms with van der Waals surface area (Å²) < 4.78 is 3.22. The lowest BCUT2D eigenvalue weighted by Crippen LogP contribution is -2.27. The summed E-state index contributed by atoms with van der Waals surface area (Å²) in [4.78, 5) is 20.9. The molecule has 0 unspecified atom stereocenters. The zero-order valence-corrected chi connectivity index (χ0v) is 14.9. The fraction of sp³-hybridized carbons (Fsp3) is 0.389. The molecule has 7 nitrogen and oxygen atoms in total. The fourth-order valence-electron chi connectivity index (χ4n) is 3.10. The number of anilines is 1. The molecule has 0 amide bonds. The van der Waals surface area contributed by atoms with E-state index < -0.39 is 5.60 Å². The van der Waals surface area contributed by atoms with E-state index in [0.29, 0.717) is 24.2 Å². The van der Waals surface area contributed by atoms with Gasteiger partial charge in [0.2, 0.25) is 0 Å². The third-order valence-corrected chi connectivity index (χ3v) is 4.45. The molecule has 2 aromatic heterocycles. The van der Waals surface area contributed by atoms with Crippen LogP contribution in [0.5, 0.6) is 0 Å². The highest BCUT2D eigenvalue weighted by atomic mass is 16.3. The predicted octanol–water partition coefficient (Wildman–Crippen LogP) is 1.85. The maximum atomic E-state index is 12.7. The number of aliphatic hydroxyl groups is 1. The Morgan fingerprint density at radius 1 is 1.36 bits per heavy atom. The van der Waals surface area contributed by atoms with Crippen LogP contribution in [0.3, 0.4) is 0 Å². The second-order valence-corrected chi connectivity index (χ2v) is 7.00. The number of aryl methyl sites for hydroxylation is 3. The number of nitrogens with zero attached hydrogens (tertiary/aromatic N) is 4. The van der Waals surface area contributed by atoms with Crippen molar-refractivity contribution in [2.45, 2.75) is 39.3 Å². The van der Waals surface area contributed by atoms with Gasteiger partial charge in [0.25, 0.3) is 0 Å². The average Bonchev–Trinajstić information content (AvgIpc) is 2.78. The Kier molecular flexibility index (Phi) is 4.12. The van der Waals surface area contributed by atoms with E-state index in [4.69, 9.17) is 5.73 Å². The van der Waals surface area contributed by atoms with Gasteiger partial charge < -0.3 is 10.8 Å². The van der Waals surface area contributed by atoms with E-state index in [-0.39, 0.29) is 5.69 Å². The normalized spacial score (nSPS) is 12.0. The second kappa shape index (κ2) is 6.00. The molecule has 0 spiro atoms. The molecule has 2 heterocycles. The minimum absolute atomic E-state index is 0.148. The molecule has 0 radical (unpaired) electrons. The first-order valence-corrected chi connectivity index (χ1v) is 8.18. The number of hydrogen-bond donors (Lipinski definition) is 2. The van der Waals surface area contributed by atoms with Crippen molar-refractivity contribution in [3.63, 3.8) is 0 Å². The summed E-state index contributed by atoms with van der Waals surface area (Å²) in [5.74, 6) is 0. The van der Waals surface area contributed by atoms with Gasteiger partial charge in [-0.1, -0.05) is 0 Å². The van der Waals surface area contributed by atoms with Crippen LogP contribution in [0.2, 0.25) is 0 Å². The van der Waals surface area contributed by atoms with Gasteiger partial charge in [0.1, 0.15) is 6.33 Å². The van der Waals surface area contributed by atoms with Crippen molar-refractivity contribution in [3.8, 4) is 11.3 Å². The summed E-state index contributed by atoms with van der Waals surface area (Å²) in [6.45, 7) is 5.79. The number of nitrogens with two attached hydrogens (primary N) is 1. The number of imidazole rings is 1. The van der Waals surface area contributed by atoms with Gasteiger partial charge in [-0.05, 0) is 44.9 Å². The SMILES string of the molecule is Cc1cc2c(c(N)c1-c1ccncn1)n(CCC(C)(C)O)c(=O)n2C. The molecule has 1 aromatic carbocycles. The fourth-order valence-corrected chi connectivity index (χ4v) is 3.10. The first-order valence-electron chi connectivity index (χ1n) is 8.18. The Morgan fingerprint density at radius 3 is 2.68 bits per heavy atom. The van der Waals surface area contributed by atoms with Crippen LogP contribution in [0.15, 0.2) is 29.5 Å². The molecular weight excluding hydrogens is 318 g/mol. The minimum Gasteiger partial charge on any atom is -0.396 e. The van der Waals surface area contributed by atoms with Gasteiger partial charge in [0.05, 0.1) is 28.0 Å². The first-order chi connectivity index (χ1) is 11.7. The van der Waals surface area contributed by atoms with E-state index in [1.807, 2.05) is 13.0 Å². The van der Waals surface area contributed by atoms with Crippen LogP contribution in [-0.2, 0) is 13.6 Å². The molecule has 0 fully saturated rings. The smallest absolute Gasteiger partial charge is 0.328 e. The topological polar surface area (TPSA) is 99.0 Å². The highest BCUT2D eigenvalue weighted by Crippen LogP contribution is 2.34. The summed E-state index contributed by atoms with van der Waals surface area (Å²) in [6, 6.07) is 3.75. The zero-order valence-electron chi connectivity index (χ0n) is 14.9. The van der Waals surface area contributed by atoms with E-state index in [9.17, 15) is 9.90 Å². The maximum Gasteiger partial charge on any atom is 0.328 e. The molecule has 0 atom stereocenters.